The molecule has 1 atom stereocenters. The fourth-order valence-corrected chi connectivity index (χ4v) is 5.24. The first kappa shape index (κ1) is 31.8. The number of ether oxygens (including phenoxy) is 2. The first-order chi connectivity index (χ1) is 20.5. The van der Waals surface area contributed by atoms with Gasteiger partial charge in [0.15, 0.2) is 0 Å². The van der Waals surface area contributed by atoms with E-state index in [0.29, 0.717) is 18.8 Å². The average Bonchev–Trinajstić information content (AvgIpc) is 3.54. The standard InChI is InChI=1S/C32H43N5O6/c1-5-42-31(41)37-19-17-36(18-20-37)30(40)25(13-14-28(38)43-32(2,3)4)34-29(39)27-22-24(35-15-9-10-16-35)21-26(33-27)23-11-7-6-8-12-23/h6-8,11-12,21-22,25H,5,9-10,13-20H2,1-4H3,(H,34,39)/t25-/m0/s1. The quantitative estimate of drug-likeness (QED) is 0.435. The number of benzene rings is 1. The van der Waals surface area contributed by atoms with Crippen molar-refractivity contribution in [3.8, 4) is 11.3 Å². The summed E-state index contributed by atoms with van der Waals surface area (Å²) in [5, 5.41) is 2.88. The summed E-state index contributed by atoms with van der Waals surface area (Å²) in [4.78, 5) is 62.2. The third-order valence-electron chi connectivity index (χ3n) is 7.36. The topological polar surface area (TPSA) is 121 Å². The molecule has 2 aliphatic heterocycles. The second-order valence-corrected chi connectivity index (χ2v) is 11.8. The van der Waals surface area contributed by atoms with Crippen molar-refractivity contribution in [1.29, 1.82) is 0 Å². The Hall–Kier alpha value is -4.15. The Kier molecular flexibility index (Phi) is 10.6. The average molecular weight is 594 g/mol. The van der Waals surface area contributed by atoms with Gasteiger partial charge in [0.1, 0.15) is 17.3 Å². The molecule has 2 saturated heterocycles. The number of hydrogen-bond donors (Lipinski definition) is 1. The van der Waals surface area contributed by atoms with Crippen molar-refractivity contribution in [2.24, 2.45) is 0 Å². The van der Waals surface area contributed by atoms with Gasteiger partial charge in [-0.3, -0.25) is 14.4 Å². The zero-order valence-electron chi connectivity index (χ0n) is 25.6. The van der Waals surface area contributed by atoms with Crippen LogP contribution in [0.25, 0.3) is 11.3 Å². The number of aromatic nitrogens is 1. The molecule has 43 heavy (non-hydrogen) atoms. The van der Waals surface area contributed by atoms with Crippen LogP contribution >= 0.6 is 0 Å². The normalized spacial score (nSPS) is 16.0. The molecule has 1 aromatic carbocycles. The van der Waals surface area contributed by atoms with Crippen LogP contribution in [0.2, 0.25) is 0 Å². The molecule has 1 aromatic heterocycles. The van der Waals surface area contributed by atoms with Gasteiger partial charge < -0.3 is 29.5 Å². The third-order valence-corrected chi connectivity index (χ3v) is 7.36. The Labute approximate surface area is 253 Å². The summed E-state index contributed by atoms with van der Waals surface area (Å²) in [6, 6.07) is 12.4. The number of carbonyl (C=O) groups is 4. The van der Waals surface area contributed by atoms with Crippen LogP contribution in [0.3, 0.4) is 0 Å². The van der Waals surface area contributed by atoms with Gasteiger partial charge in [-0.05, 0) is 59.1 Å². The lowest BCUT2D eigenvalue weighted by molar-refractivity contribution is -0.155. The van der Waals surface area contributed by atoms with Crippen molar-refractivity contribution < 1.29 is 28.7 Å². The van der Waals surface area contributed by atoms with Crippen LogP contribution in [0.1, 0.15) is 63.9 Å². The van der Waals surface area contributed by atoms with Crippen LogP contribution in [0.4, 0.5) is 10.5 Å². The zero-order chi connectivity index (χ0) is 31.0. The fraction of sp³-hybridized carbons (Fsp3) is 0.531. The second-order valence-electron chi connectivity index (χ2n) is 11.8. The number of rotatable bonds is 9. The molecule has 2 fully saturated rings. The molecule has 2 aliphatic rings. The molecular formula is C32H43N5O6. The monoisotopic (exact) mass is 593 g/mol. The molecule has 0 saturated carbocycles. The lowest BCUT2D eigenvalue weighted by Crippen LogP contribution is -2.56. The summed E-state index contributed by atoms with van der Waals surface area (Å²) in [5.74, 6) is -1.27. The van der Waals surface area contributed by atoms with Gasteiger partial charge in [-0.25, -0.2) is 9.78 Å². The van der Waals surface area contributed by atoms with Crippen molar-refractivity contribution in [2.75, 3.05) is 50.8 Å². The van der Waals surface area contributed by atoms with Gasteiger partial charge in [0.25, 0.3) is 5.91 Å². The molecule has 3 amide bonds. The number of nitrogens with zero attached hydrogens (tertiary/aromatic N) is 4. The molecule has 1 N–H and O–H groups in total. The number of hydrogen-bond acceptors (Lipinski definition) is 8. The first-order valence-corrected chi connectivity index (χ1v) is 15.1. The second kappa shape index (κ2) is 14.3. The summed E-state index contributed by atoms with van der Waals surface area (Å²) >= 11 is 0. The molecule has 232 valence electrons. The molecule has 11 heteroatoms. The van der Waals surface area contributed by atoms with E-state index in [1.807, 2.05) is 36.4 Å². The van der Waals surface area contributed by atoms with Gasteiger partial charge in [0.2, 0.25) is 5.91 Å². The first-order valence-electron chi connectivity index (χ1n) is 15.1. The highest BCUT2D eigenvalue weighted by Crippen LogP contribution is 2.27. The van der Waals surface area contributed by atoms with E-state index in [-0.39, 0.29) is 44.1 Å². The molecule has 0 radical (unpaired) electrons. The van der Waals surface area contributed by atoms with Gasteiger partial charge in [-0.2, -0.15) is 0 Å². The maximum Gasteiger partial charge on any atom is 0.409 e. The van der Waals surface area contributed by atoms with Gasteiger partial charge >= 0.3 is 12.1 Å². The number of anilines is 1. The summed E-state index contributed by atoms with van der Waals surface area (Å²) in [5.41, 5.74) is 1.99. The van der Waals surface area contributed by atoms with Crippen molar-refractivity contribution in [3.05, 3.63) is 48.2 Å². The van der Waals surface area contributed by atoms with Crippen molar-refractivity contribution in [2.45, 2.75) is 65.0 Å². The Bertz CT molecular complexity index is 1280. The number of carbonyl (C=O) groups excluding carboxylic acids is 4. The van der Waals surface area contributed by atoms with Crippen LogP contribution in [-0.4, -0.2) is 96.2 Å². The maximum atomic E-state index is 13.7. The molecule has 4 rings (SSSR count). The lowest BCUT2D eigenvalue weighted by atomic mass is 10.1. The number of esters is 1. The smallest absolute Gasteiger partial charge is 0.409 e. The van der Waals surface area contributed by atoms with Crippen LogP contribution in [0, 0.1) is 0 Å². The van der Waals surface area contributed by atoms with E-state index in [9.17, 15) is 19.2 Å². The van der Waals surface area contributed by atoms with Crippen LogP contribution in [0.15, 0.2) is 42.5 Å². The minimum Gasteiger partial charge on any atom is -0.460 e. The predicted molar refractivity (Wildman–Crippen MR) is 163 cm³/mol. The summed E-state index contributed by atoms with van der Waals surface area (Å²) < 4.78 is 10.5. The summed E-state index contributed by atoms with van der Waals surface area (Å²) in [6.07, 6.45) is 1.76. The number of piperazine rings is 1. The molecule has 3 heterocycles. The van der Waals surface area contributed by atoms with Gasteiger partial charge in [0, 0.05) is 56.9 Å². The minimum absolute atomic E-state index is 0.0484. The summed E-state index contributed by atoms with van der Waals surface area (Å²) in [6.45, 7) is 10.4. The van der Waals surface area contributed by atoms with Crippen LogP contribution in [-0.2, 0) is 19.1 Å². The van der Waals surface area contributed by atoms with Crippen LogP contribution in [0.5, 0.6) is 0 Å². The molecular weight excluding hydrogens is 550 g/mol. The molecule has 0 aliphatic carbocycles. The SMILES string of the molecule is CCOC(=O)N1CCN(C(=O)[C@H](CCC(=O)OC(C)(C)C)NC(=O)c2cc(N3CCCC3)cc(-c3ccccc3)n2)CC1. The molecule has 0 bridgehead atoms. The molecule has 2 aromatic rings. The lowest BCUT2D eigenvalue weighted by Gasteiger charge is -2.36. The Morgan fingerprint density at radius 1 is 0.930 bits per heavy atom. The Morgan fingerprint density at radius 3 is 2.21 bits per heavy atom. The zero-order valence-corrected chi connectivity index (χ0v) is 25.6. The predicted octanol–water partition coefficient (Wildman–Crippen LogP) is 3.87. The molecule has 0 unspecified atom stereocenters. The highest BCUT2D eigenvalue weighted by Gasteiger charge is 2.32. The van der Waals surface area contributed by atoms with Crippen molar-refractivity contribution in [3.63, 3.8) is 0 Å². The highest BCUT2D eigenvalue weighted by atomic mass is 16.6. The van der Waals surface area contributed by atoms with E-state index in [1.54, 1.807) is 43.6 Å². The van der Waals surface area contributed by atoms with E-state index in [2.05, 4.69) is 15.2 Å². The Balaban J connectivity index is 1.55. The molecule has 11 nitrogen and oxygen atoms in total. The van der Waals surface area contributed by atoms with E-state index >= 15 is 0 Å². The summed E-state index contributed by atoms with van der Waals surface area (Å²) in [7, 11) is 0. The van der Waals surface area contributed by atoms with Gasteiger partial charge in [0.05, 0.1) is 12.3 Å². The Morgan fingerprint density at radius 2 is 1.58 bits per heavy atom. The van der Waals surface area contributed by atoms with Gasteiger partial charge in [-0.1, -0.05) is 30.3 Å². The number of nitrogens with one attached hydrogen (secondary N) is 1. The molecule has 0 spiro atoms. The van der Waals surface area contributed by atoms with E-state index in [1.165, 1.54) is 0 Å². The fourth-order valence-electron chi connectivity index (χ4n) is 5.24. The van der Waals surface area contributed by atoms with Crippen LogP contribution < -0.4 is 10.2 Å². The third kappa shape index (κ3) is 8.92. The minimum atomic E-state index is -0.980. The highest BCUT2D eigenvalue weighted by molar-refractivity contribution is 5.97. The van der Waals surface area contributed by atoms with E-state index < -0.39 is 29.6 Å². The maximum absolute atomic E-state index is 13.7. The van der Waals surface area contributed by atoms with Crippen molar-refractivity contribution in [1.82, 2.24) is 20.1 Å². The van der Waals surface area contributed by atoms with E-state index in [4.69, 9.17) is 9.47 Å². The number of amides is 3. The largest absolute Gasteiger partial charge is 0.460 e. The number of pyridine rings is 1. The van der Waals surface area contributed by atoms with E-state index in [0.717, 1.165) is 37.2 Å². The van der Waals surface area contributed by atoms with Crippen molar-refractivity contribution >= 4 is 29.6 Å². The van der Waals surface area contributed by atoms with Gasteiger partial charge in [-0.15, -0.1) is 0 Å².